The fraction of sp³-hybridized carbons (Fsp3) is 0.167. The molecule has 0 aliphatic heterocycles. The number of hydrogen-bond donors (Lipinski definition) is 1. The summed E-state index contributed by atoms with van der Waals surface area (Å²) >= 11 is 3.47. The molecule has 1 amide bonds. The lowest BCUT2D eigenvalue weighted by molar-refractivity contribution is -0.124. The van der Waals surface area contributed by atoms with Crippen LogP contribution in [0.1, 0.15) is 23.6 Å². The van der Waals surface area contributed by atoms with Gasteiger partial charge in [0.2, 0.25) is 5.91 Å². The van der Waals surface area contributed by atoms with E-state index in [9.17, 15) is 4.79 Å². The summed E-state index contributed by atoms with van der Waals surface area (Å²) in [6.45, 7) is 1.89. The molecule has 0 unspecified atom stereocenters. The van der Waals surface area contributed by atoms with Gasteiger partial charge < -0.3 is 0 Å². The number of nitrogens with zero attached hydrogens (tertiary/aromatic N) is 1. The van der Waals surface area contributed by atoms with Crippen LogP contribution in [0.15, 0.2) is 94.5 Å². The second kappa shape index (κ2) is 10.00. The number of amides is 1. The second-order valence-electron chi connectivity index (χ2n) is 6.76. The molecule has 3 rings (SSSR count). The normalized spacial score (nSPS) is 11.5. The van der Waals surface area contributed by atoms with E-state index < -0.39 is 0 Å². The molecule has 142 valence electrons. The minimum atomic E-state index is -0.191. The van der Waals surface area contributed by atoms with E-state index in [-0.39, 0.29) is 11.8 Å². The fourth-order valence-corrected chi connectivity index (χ4v) is 3.46. The molecule has 0 aliphatic rings. The van der Waals surface area contributed by atoms with Crippen molar-refractivity contribution < 1.29 is 4.79 Å². The number of carbonyl (C=O) groups is 1. The number of benzene rings is 3. The number of hydrogen-bond acceptors (Lipinski definition) is 2. The Hall–Kier alpha value is -2.72. The van der Waals surface area contributed by atoms with E-state index in [4.69, 9.17) is 0 Å². The maximum absolute atomic E-state index is 12.9. The van der Waals surface area contributed by atoms with Crippen molar-refractivity contribution in [3.8, 4) is 0 Å². The minimum absolute atomic E-state index is 0.0675. The summed E-state index contributed by atoms with van der Waals surface area (Å²) in [4.78, 5) is 12.9. The Labute approximate surface area is 174 Å². The summed E-state index contributed by atoms with van der Waals surface area (Å²) in [6.07, 6.45) is 1.35. The first-order valence-corrected chi connectivity index (χ1v) is 10.1. The first-order valence-electron chi connectivity index (χ1n) is 9.30. The third kappa shape index (κ3) is 5.89. The Balaban J connectivity index is 1.74. The van der Waals surface area contributed by atoms with Gasteiger partial charge in [0.15, 0.2) is 0 Å². The fourth-order valence-electron chi connectivity index (χ4n) is 3.06. The Morgan fingerprint density at radius 3 is 2.00 bits per heavy atom. The van der Waals surface area contributed by atoms with E-state index >= 15 is 0 Å². The van der Waals surface area contributed by atoms with Crippen LogP contribution in [-0.2, 0) is 17.6 Å². The summed E-state index contributed by atoms with van der Waals surface area (Å²) in [6, 6.07) is 28.1. The zero-order chi connectivity index (χ0) is 19.8. The highest BCUT2D eigenvalue weighted by atomic mass is 79.9. The molecule has 28 heavy (non-hydrogen) atoms. The van der Waals surface area contributed by atoms with Crippen LogP contribution in [0.3, 0.4) is 0 Å². The molecule has 1 N–H and O–H groups in total. The lowest BCUT2D eigenvalue weighted by Gasteiger charge is -2.16. The van der Waals surface area contributed by atoms with Crippen molar-refractivity contribution in [2.45, 2.75) is 19.8 Å². The van der Waals surface area contributed by atoms with Crippen LogP contribution in [0.5, 0.6) is 0 Å². The Kier molecular flexibility index (Phi) is 7.15. The number of rotatable bonds is 7. The highest BCUT2D eigenvalue weighted by Gasteiger charge is 2.19. The molecular weight excluding hydrogens is 412 g/mol. The Morgan fingerprint density at radius 2 is 1.46 bits per heavy atom. The first kappa shape index (κ1) is 20.0. The highest BCUT2D eigenvalue weighted by molar-refractivity contribution is 9.10. The third-order valence-corrected chi connectivity index (χ3v) is 5.09. The van der Waals surface area contributed by atoms with Crippen molar-refractivity contribution in [2.24, 2.45) is 11.0 Å². The van der Waals surface area contributed by atoms with Gasteiger partial charge in [-0.25, -0.2) is 5.43 Å². The molecule has 0 atom stereocenters. The van der Waals surface area contributed by atoms with Crippen LogP contribution >= 0.6 is 15.9 Å². The first-order chi connectivity index (χ1) is 13.6. The highest BCUT2D eigenvalue weighted by Crippen LogP contribution is 2.16. The zero-order valence-electron chi connectivity index (χ0n) is 15.8. The van der Waals surface area contributed by atoms with Crippen molar-refractivity contribution in [1.82, 2.24) is 5.43 Å². The molecular formula is C24H23BrN2O. The quantitative estimate of drug-likeness (QED) is 0.392. The van der Waals surface area contributed by atoms with E-state index in [1.807, 2.05) is 67.6 Å². The van der Waals surface area contributed by atoms with E-state index in [2.05, 4.69) is 50.7 Å². The summed E-state index contributed by atoms with van der Waals surface area (Å²) in [5.74, 6) is -0.258. The van der Waals surface area contributed by atoms with Crippen LogP contribution in [0.4, 0.5) is 0 Å². The van der Waals surface area contributed by atoms with Gasteiger partial charge in [-0.15, -0.1) is 0 Å². The van der Waals surface area contributed by atoms with Gasteiger partial charge in [-0.3, -0.25) is 4.79 Å². The van der Waals surface area contributed by atoms with E-state index in [0.29, 0.717) is 12.8 Å². The van der Waals surface area contributed by atoms with Crippen molar-refractivity contribution in [3.05, 3.63) is 106 Å². The average molecular weight is 435 g/mol. The maximum atomic E-state index is 12.9. The van der Waals surface area contributed by atoms with Crippen LogP contribution < -0.4 is 5.43 Å². The number of hydrazone groups is 1. The van der Waals surface area contributed by atoms with Crippen molar-refractivity contribution in [1.29, 1.82) is 0 Å². The molecule has 4 heteroatoms. The summed E-state index contributed by atoms with van der Waals surface area (Å²) in [5, 5.41) is 4.34. The van der Waals surface area contributed by atoms with Crippen molar-refractivity contribution >= 4 is 27.5 Å². The molecule has 0 aliphatic carbocycles. The zero-order valence-corrected chi connectivity index (χ0v) is 17.4. The van der Waals surface area contributed by atoms with Gasteiger partial charge in [0.25, 0.3) is 0 Å². The monoisotopic (exact) mass is 434 g/mol. The van der Waals surface area contributed by atoms with E-state index in [0.717, 1.165) is 26.9 Å². The largest absolute Gasteiger partial charge is 0.273 e. The summed E-state index contributed by atoms with van der Waals surface area (Å²) in [5.41, 5.74) is 6.80. The lowest BCUT2D eigenvalue weighted by Crippen LogP contribution is -2.30. The molecule has 3 aromatic rings. The van der Waals surface area contributed by atoms with Gasteiger partial charge in [0, 0.05) is 10.4 Å². The number of carbonyl (C=O) groups excluding carboxylic acids is 1. The minimum Gasteiger partial charge on any atom is -0.273 e. The molecule has 0 bridgehead atoms. The van der Waals surface area contributed by atoms with E-state index in [1.54, 1.807) is 0 Å². The van der Waals surface area contributed by atoms with Crippen molar-refractivity contribution in [2.75, 3.05) is 0 Å². The molecule has 3 nitrogen and oxygen atoms in total. The lowest BCUT2D eigenvalue weighted by atomic mass is 9.92. The van der Waals surface area contributed by atoms with Crippen LogP contribution in [0, 0.1) is 5.92 Å². The van der Waals surface area contributed by atoms with Gasteiger partial charge in [0.05, 0.1) is 5.71 Å². The van der Waals surface area contributed by atoms with Gasteiger partial charge in [-0.2, -0.15) is 5.10 Å². The Bertz CT molecular complexity index is 898. The van der Waals surface area contributed by atoms with Gasteiger partial charge in [-0.05, 0) is 48.6 Å². The number of halogens is 1. The smallest absolute Gasteiger partial charge is 0.243 e. The maximum Gasteiger partial charge on any atom is 0.243 e. The van der Waals surface area contributed by atoms with Gasteiger partial charge >= 0.3 is 0 Å². The predicted octanol–water partition coefficient (Wildman–Crippen LogP) is 5.39. The van der Waals surface area contributed by atoms with Crippen LogP contribution in [-0.4, -0.2) is 11.6 Å². The SMILES string of the molecule is CC(=NNC(=O)C(Cc1ccccc1)Cc1ccccc1)c1cccc(Br)c1. The summed E-state index contributed by atoms with van der Waals surface area (Å²) in [7, 11) is 0. The molecule has 0 fully saturated rings. The van der Waals surface area contributed by atoms with E-state index in [1.165, 1.54) is 0 Å². The molecule has 0 saturated carbocycles. The van der Waals surface area contributed by atoms with Gasteiger partial charge in [-0.1, -0.05) is 88.7 Å². The second-order valence-corrected chi connectivity index (χ2v) is 7.68. The van der Waals surface area contributed by atoms with Crippen LogP contribution in [0.25, 0.3) is 0 Å². The van der Waals surface area contributed by atoms with Crippen molar-refractivity contribution in [3.63, 3.8) is 0 Å². The molecule has 0 spiro atoms. The predicted molar refractivity (Wildman–Crippen MR) is 118 cm³/mol. The number of nitrogens with one attached hydrogen (secondary N) is 1. The summed E-state index contributed by atoms with van der Waals surface area (Å²) < 4.78 is 0.983. The van der Waals surface area contributed by atoms with Crippen LogP contribution in [0.2, 0.25) is 0 Å². The third-order valence-electron chi connectivity index (χ3n) is 4.60. The topological polar surface area (TPSA) is 41.5 Å². The molecule has 0 saturated heterocycles. The molecule has 3 aromatic carbocycles. The molecule has 0 heterocycles. The molecule has 0 aromatic heterocycles. The standard InChI is InChI=1S/C24H23BrN2O/c1-18(21-13-8-14-23(25)17-21)26-27-24(28)22(15-19-9-4-2-5-10-19)16-20-11-6-3-7-12-20/h2-14,17,22H,15-16H2,1H3,(H,27,28). The Morgan fingerprint density at radius 1 is 0.893 bits per heavy atom. The average Bonchev–Trinajstić information content (AvgIpc) is 2.73. The van der Waals surface area contributed by atoms with Gasteiger partial charge in [0.1, 0.15) is 0 Å². The molecule has 0 radical (unpaired) electrons.